The predicted octanol–water partition coefficient (Wildman–Crippen LogP) is 3.18. The Labute approximate surface area is 293 Å². The van der Waals surface area contributed by atoms with Crippen molar-refractivity contribution in [3.8, 4) is 6.07 Å². The SMILES string of the molecule is CC(C)/C=C(\C#N)C(=O)NCCCC[C@H](NC(=O)[C@@H](NC(=O)C(C)C)[C@@H](C)O)C(=O)N[C@@H](CC(C)C)B1O[C@@H]2C[C@@H]3C[C@@H](C3(C)C)[C@]2(C)O1. The molecular formula is C36H60BN5O7. The molecule has 0 aromatic heterocycles. The number of nitrogens with one attached hydrogen (secondary N) is 4. The molecule has 4 fully saturated rings. The maximum absolute atomic E-state index is 14.0. The molecule has 4 rings (SSSR count). The van der Waals surface area contributed by atoms with E-state index in [1.165, 1.54) is 6.92 Å². The summed E-state index contributed by atoms with van der Waals surface area (Å²) in [6, 6.07) is -0.332. The van der Waals surface area contributed by atoms with E-state index in [2.05, 4.69) is 55.9 Å². The number of nitriles is 1. The lowest BCUT2D eigenvalue weighted by Crippen LogP contribution is -2.65. The highest BCUT2D eigenvalue weighted by molar-refractivity contribution is 6.48. The monoisotopic (exact) mass is 685 g/mol. The van der Waals surface area contributed by atoms with Crippen molar-refractivity contribution in [1.29, 1.82) is 5.26 Å². The number of unbranched alkanes of at least 4 members (excludes halogenated alkanes) is 1. The van der Waals surface area contributed by atoms with Gasteiger partial charge in [0.25, 0.3) is 5.91 Å². The average Bonchev–Trinajstić information content (AvgIpc) is 3.37. The summed E-state index contributed by atoms with van der Waals surface area (Å²) in [4.78, 5) is 52.4. The van der Waals surface area contributed by atoms with Gasteiger partial charge in [-0.25, -0.2) is 0 Å². The van der Waals surface area contributed by atoms with Crippen LogP contribution in [0.1, 0.15) is 108 Å². The molecule has 0 unspecified atom stereocenters. The summed E-state index contributed by atoms with van der Waals surface area (Å²) in [6.45, 7) is 19.7. The number of allylic oxidation sites excluding steroid dienone is 1. The van der Waals surface area contributed by atoms with Crippen LogP contribution in [0.4, 0.5) is 0 Å². The van der Waals surface area contributed by atoms with Gasteiger partial charge in [-0.3, -0.25) is 19.2 Å². The van der Waals surface area contributed by atoms with Crippen molar-refractivity contribution in [2.45, 2.75) is 144 Å². The summed E-state index contributed by atoms with van der Waals surface area (Å²) in [5, 5.41) is 30.9. The van der Waals surface area contributed by atoms with Gasteiger partial charge in [0.2, 0.25) is 17.7 Å². The number of carbonyl (C=O) groups excluding carboxylic acids is 4. The number of hydrogen-bond acceptors (Lipinski definition) is 8. The summed E-state index contributed by atoms with van der Waals surface area (Å²) in [6.07, 6.45) is 4.12. The number of rotatable bonds is 17. The van der Waals surface area contributed by atoms with Crippen LogP contribution in [0.5, 0.6) is 0 Å². The van der Waals surface area contributed by atoms with E-state index in [4.69, 9.17) is 9.31 Å². The molecule has 1 saturated heterocycles. The van der Waals surface area contributed by atoms with E-state index >= 15 is 0 Å². The normalized spacial score (nSPS) is 26.6. The van der Waals surface area contributed by atoms with Crippen LogP contribution >= 0.6 is 0 Å². The molecular weight excluding hydrogens is 625 g/mol. The third kappa shape index (κ3) is 9.86. The van der Waals surface area contributed by atoms with E-state index in [1.54, 1.807) is 19.9 Å². The van der Waals surface area contributed by atoms with Crippen molar-refractivity contribution in [3.05, 3.63) is 11.6 Å². The van der Waals surface area contributed by atoms with Crippen molar-refractivity contribution < 1.29 is 33.6 Å². The minimum Gasteiger partial charge on any atom is -0.404 e. The standard InChI is InChI=1S/C36H60BN5O7/c1-20(2)15-24(19-38)32(45)39-14-12-11-13-26(40-34(47)30(23(7)43)42-31(44)22(5)6)33(46)41-29(16-21(3)4)37-48-28-18-25-17-27(35(25,8)9)36(28,10)49-37/h15,20-23,25-30,43H,11-14,16-18H2,1-10H3,(H,39,45)(H,40,47)(H,41,46)(H,42,44)/b24-15+/t23-,25+,26+,27+,28-,29+,30+,36+/m1/s1. The average molecular weight is 686 g/mol. The van der Waals surface area contributed by atoms with Crippen LogP contribution in [-0.4, -0.2) is 78.2 Å². The summed E-state index contributed by atoms with van der Waals surface area (Å²) >= 11 is 0. The maximum Gasteiger partial charge on any atom is 0.481 e. The van der Waals surface area contributed by atoms with Crippen molar-refractivity contribution in [3.63, 3.8) is 0 Å². The minimum absolute atomic E-state index is 0.0444. The van der Waals surface area contributed by atoms with Gasteiger partial charge < -0.3 is 35.7 Å². The molecule has 3 saturated carbocycles. The molecule has 5 N–H and O–H groups in total. The topological polar surface area (TPSA) is 179 Å². The Kier molecular flexibility index (Phi) is 13.9. The predicted molar refractivity (Wildman–Crippen MR) is 187 cm³/mol. The molecule has 4 aliphatic rings. The Morgan fingerprint density at radius 2 is 1.63 bits per heavy atom. The zero-order valence-electron chi connectivity index (χ0n) is 31.2. The zero-order chi connectivity index (χ0) is 36.8. The lowest BCUT2D eigenvalue weighted by atomic mass is 9.43. The number of carbonyl (C=O) groups is 4. The van der Waals surface area contributed by atoms with E-state index in [-0.39, 0.29) is 41.9 Å². The molecule has 8 atom stereocenters. The number of aliphatic hydroxyl groups is 1. The zero-order valence-corrected chi connectivity index (χ0v) is 31.2. The fraction of sp³-hybridized carbons (Fsp3) is 0.806. The fourth-order valence-corrected chi connectivity index (χ4v) is 7.62. The molecule has 1 aliphatic heterocycles. The second-order valence-electron chi connectivity index (χ2n) is 16.2. The molecule has 0 radical (unpaired) electrons. The smallest absolute Gasteiger partial charge is 0.404 e. The number of aliphatic hydroxyl groups excluding tert-OH is 1. The van der Waals surface area contributed by atoms with Crippen LogP contribution in [-0.2, 0) is 28.5 Å². The molecule has 4 amide bonds. The number of nitrogens with zero attached hydrogens (tertiary/aromatic N) is 1. The van der Waals surface area contributed by atoms with Gasteiger partial charge in [0.1, 0.15) is 23.7 Å². The Morgan fingerprint density at radius 1 is 0.959 bits per heavy atom. The van der Waals surface area contributed by atoms with Crippen molar-refractivity contribution in [1.82, 2.24) is 21.3 Å². The Hall–Kier alpha value is -2.95. The van der Waals surface area contributed by atoms with E-state index in [0.29, 0.717) is 31.1 Å². The molecule has 0 spiro atoms. The third-order valence-corrected chi connectivity index (χ3v) is 10.6. The quantitative estimate of drug-likeness (QED) is 0.0671. The summed E-state index contributed by atoms with van der Waals surface area (Å²) in [5.74, 6) is -1.64. The summed E-state index contributed by atoms with van der Waals surface area (Å²) in [5.41, 5.74) is -0.230. The summed E-state index contributed by atoms with van der Waals surface area (Å²) < 4.78 is 13.3. The van der Waals surface area contributed by atoms with Crippen molar-refractivity contribution >= 4 is 30.7 Å². The molecule has 3 aliphatic carbocycles. The van der Waals surface area contributed by atoms with Crippen LogP contribution in [0.15, 0.2) is 11.6 Å². The Morgan fingerprint density at radius 3 is 2.18 bits per heavy atom. The molecule has 1 heterocycles. The largest absolute Gasteiger partial charge is 0.481 e. The Bertz CT molecular complexity index is 1280. The van der Waals surface area contributed by atoms with Gasteiger partial charge >= 0.3 is 7.12 Å². The molecule has 2 bridgehead atoms. The van der Waals surface area contributed by atoms with Crippen LogP contribution in [0.2, 0.25) is 0 Å². The van der Waals surface area contributed by atoms with Gasteiger partial charge in [-0.05, 0) is 81.5 Å². The lowest BCUT2D eigenvalue weighted by molar-refractivity contribution is -0.199. The van der Waals surface area contributed by atoms with E-state index < -0.39 is 66.4 Å². The minimum atomic E-state index is -1.26. The first kappa shape index (κ1) is 40.5. The molecule has 0 aromatic carbocycles. The molecule has 12 nitrogen and oxygen atoms in total. The first-order valence-corrected chi connectivity index (χ1v) is 18.1. The molecule has 274 valence electrons. The van der Waals surface area contributed by atoms with Crippen LogP contribution in [0, 0.1) is 46.3 Å². The van der Waals surface area contributed by atoms with E-state index in [0.717, 1.165) is 12.8 Å². The number of hydrogen-bond donors (Lipinski definition) is 5. The van der Waals surface area contributed by atoms with Crippen LogP contribution in [0.25, 0.3) is 0 Å². The van der Waals surface area contributed by atoms with Gasteiger partial charge in [0.15, 0.2) is 0 Å². The van der Waals surface area contributed by atoms with Gasteiger partial charge in [-0.15, -0.1) is 0 Å². The second-order valence-corrected chi connectivity index (χ2v) is 16.2. The van der Waals surface area contributed by atoms with E-state index in [1.807, 2.05) is 19.9 Å². The van der Waals surface area contributed by atoms with Gasteiger partial charge in [-0.2, -0.15) is 5.26 Å². The highest BCUT2D eigenvalue weighted by Gasteiger charge is 2.68. The first-order chi connectivity index (χ1) is 22.8. The van der Waals surface area contributed by atoms with Gasteiger partial charge in [0, 0.05) is 12.5 Å². The second kappa shape index (κ2) is 16.8. The van der Waals surface area contributed by atoms with Crippen molar-refractivity contribution in [2.75, 3.05) is 6.54 Å². The highest BCUT2D eigenvalue weighted by atomic mass is 16.7. The van der Waals surface area contributed by atoms with Crippen LogP contribution < -0.4 is 21.3 Å². The summed E-state index contributed by atoms with van der Waals surface area (Å²) in [7, 11) is -0.646. The van der Waals surface area contributed by atoms with Gasteiger partial charge in [0.05, 0.1) is 23.8 Å². The molecule has 49 heavy (non-hydrogen) atoms. The van der Waals surface area contributed by atoms with Gasteiger partial charge in [-0.1, -0.05) is 61.5 Å². The molecule has 0 aromatic rings. The Balaban J connectivity index is 1.74. The lowest BCUT2D eigenvalue weighted by Gasteiger charge is -2.64. The first-order valence-electron chi connectivity index (χ1n) is 18.1. The fourth-order valence-electron chi connectivity index (χ4n) is 7.62. The molecule has 13 heteroatoms. The maximum atomic E-state index is 14.0. The van der Waals surface area contributed by atoms with E-state index in [9.17, 15) is 29.5 Å². The van der Waals surface area contributed by atoms with Crippen LogP contribution in [0.3, 0.4) is 0 Å². The number of amides is 4. The third-order valence-electron chi connectivity index (χ3n) is 10.6. The highest BCUT2D eigenvalue weighted by Crippen LogP contribution is 2.65. The van der Waals surface area contributed by atoms with Crippen molar-refractivity contribution in [2.24, 2.45) is 35.0 Å².